The number of amides is 1. The van der Waals surface area contributed by atoms with Crippen molar-refractivity contribution >= 4 is 27.7 Å². The van der Waals surface area contributed by atoms with Crippen LogP contribution in [0, 0.1) is 0 Å². The first-order valence-electron chi connectivity index (χ1n) is 7.10. The van der Waals surface area contributed by atoms with Crippen molar-refractivity contribution in [2.75, 3.05) is 25.5 Å². The molecule has 0 fully saturated rings. The number of rotatable bonds is 1. The largest absolute Gasteiger partial charge is 0.443 e. The number of anilines is 1. The number of benzene rings is 1. The van der Waals surface area contributed by atoms with Crippen LogP contribution in [0.4, 0.5) is 10.5 Å². The molecule has 0 saturated carbocycles. The Morgan fingerprint density at radius 3 is 2.52 bits per heavy atom. The molecular weight excluding hydrogens is 332 g/mol. The zero-order valence-electron chi connectivity index (χ0n) is 13.3. The summed E-state index contributed by atoms with van der Waals surface area (Å²) in [6, 6.07) is 8.25. The molecule has 0 bridgehead atoms. The molecule has 0 radical (unpaired) electrons. The fourth-order valence-electron chi connectivity index (χ4n) is 2.64. The Labute approximate surface area is 135 Å². The van der Waals surface area contributed by atoms with Crippen LogP contribution >= 0.6 is 15.9 Å². The molecule has 21 heavy (non-hydrogen) atoms. The number of para-hydroxylation sites is 1. The van der Waals surface area contributed by atoms with E-state index in [2.05, 4.69) is 41.0 Å². The summed E-state index contributed by atoms with van der Waals surface area (Å²) in [5.41, 5.74) is 1.58. The normalized spacial score (nSPS) is 22.1. The summed E-state index contributed by atoms with van der Waals surface area (Å²) >= 11 is 3.72. The van der Waals surface area contributed by atoms with Crippen molar-refractivity contribution in [3.05, 3.63) is 29.8 Å². The summed E-state index contributed by atoms with van der Waals surface area (Å²) < 4.78 is 5.53. The molecule has 1 heterocycles. The lowest BCUT2D eigenvalue weighted by Crippen LogP contribution is -2.47. The molecule has 0 aliphatic carbocycles. The van der Waals surface area contributed by atoms with E-state index < -0.39 is 5.60 Å². The summed E-state index contributed by atoms with van der Waals surface area (Å²) in [4.78, 5) is 16.5. The van der Waals surface area contributed by atoms with E-state index in [-0.39, 0.29) is 17.0 Å². The van der Waals surface area contributed by atoms with Gasteiger partial charge in [0.25, 0.3) is 0 Å². The molecule has 0 unspecified atom stereocenters. The highest BCUT2D eigenvalue weighted by molar-refractivity contribution is 9.09. The molecule has 0 spiro atoms. The molecule has 1 aliphatic heterocycles. The highest BCUT2D eigenvalue weighted by atomic mass is 79.9. The van der Waals surface area contributed by atoms with Crippen molar-refractivity contribution in [3.8, 4) is 0 Å². The first-order chi connectivity index (χ1) is 9.70. The quantitative estimate of drug-likeness (QED) is 0.719. The predicted molar refractivity (Wildman–Crippen MR) is 89.2 cm³/mol. The van der Waals surface area contributed by atoms with E-state index in [4.69, 9.17) is 4.74 Å². The highest BCUT2D eigenvalue weighted by Gasteiger charge is 2.37. The van der Waals surface area contributed by atoms with Gasteiger partial charge in [0.05, 0.1) is 16.6 Å². The van der Waals surface area contributed by atoms with Gasteiger partial charge in [0, 0.05) is 6.54 Å². The van der Waals surface area contributed by atoms with Crippen molar-refractivity contribution in [2.24, 2.45) is 0 Å². The van der Waals surface area contributed by atoms with Crippen molar-refractivity contribution in [1.29, 1.82) is 0 Å². The number of alkyl halides is 1. The van der Waals surface area contributed by atoms with Crippen LogP contribution in [0.2, 0.25) is 0 Å². The number of hydrogen-bond acceptors (Lipinski definition) is 3. The number of hydrogen-bond donors (Lipinski definition) is 0. The summed E-state index contributed by atoms with van der Waals surface area (Å²) in [6.45, 7) is 6.24. The van der Waals surface area contributed by atoms with Crippen LogP contribution < -0.4 is 4.90 Å². The van der Waals surface area contributed by atoms with E-state index in [1.54, 1.807) is 4.90 Å². The molecule has 0 saturated heterocycles. The molecule has 4 nitrogen and oxygen atoms in total. The Hall–Kier alpha value is -1.07. The van der Waals surface area contributed by atoms with Gasteiger partial charge in [-0.3, -0.25) is 4.90 Å². The molecule has 1 aromatic rings. The van der Waals surface area contributed by atoms with Gasteiger partial charge in [-0.2, -0.15) is 0 Å². The van der Waals surface area contributed by atoms with E-state index in [9.17, 15) is 4.79 Å². The van der Waals surface area contributed by atoms with Crippen molar-refractivity contribution in [1.82, 2.24) is 4.90 Å². The predicted octanol–water partition coefficient (Wildman–Crippen LogP) is 3.81. The van der Waals surface area contributed by atoms with Crippen molar-refractivity contribution in [2.45, 2.75) is 37.2 Å². The smallest absolute Gasteiger partial charge is 0.414 e. The molecule has 1 aromatic carbocycles. The molecule has 5 heteroatoms. The molecular formula is C16H23BrN2O2. The summed E-state index contributed by atoms with van der Waals surface area (Å²) in [7, 11) is 4.11. The summed E-state index contributed by atoms with van der Waals surface area (Å²) in [5, 5.41) is 0. The monoisotopic (exact) mass is 354 g/mol. The third kappa shape index (κ3) is 3.58. The fourth-order valence-corrected chi connectivity index (χ4v) is 3.69. The topological polar surface area (TPSA) is 32.8 Å². The second kappa shape index (κ2) is 5.97. The maximum absolute atomic E-state index is 12.5. The van der Waals surface area contributed by atoms with Gasteiger partial charge in [-0.05, 0) is 46.5 Å². The van der Waals surface area contributed by atoms with Crippen LogP contribution in [0.1, 0.15) is 32.4 Å². The van der Waals surface area contributed by atoms with Gasteiger partial charge < -0.3 is 9.64 Å². The van der Waals surface area contributed by atoms with Crippen molar-refractivity contribution < 1.29 is 9.53 Å². The van der Waals surface area contributed by atoms with E-state index in [1.807, 2.05) is 39.0 Å². The minimum atomic E-state index is -0.494. The molecule has 1 aliphatic rings. The third-order valence-electron chi connectivity index (χ3n) is 3.42. The van der Waals surface area contributed by atoms with E-state index >= 15 is 0 Å². The van der Waals surface area contributed by atoms with E-state index in [0.29, 0.717) is 6.54 Å². The highest BCUT2D eigenvalue weighted by Crippen LogP contribution is 2.39. The van der Waals surface area contributed by atoms with Gasteiger partial charge in [0.1, 0.15) is 5.60 Å². The van der Waals surface area contributed by atoms with Crippen LogP contribution in [0.15, 0.2) is 24.3 Å². The summed E-state index contributed by atoms with van der Waals surface area (Å²) in [6.07, 6.45) is -0.295. The number of ether oxygens (including phenoxy) is 1. The second-order valence-electron chi connectivity index (χ2n) is 6.57. The van der Waals surface area contributed by atoms with Crippen molar-refractivity contribution in [3.63, 3.8) is 0 Å². The fraction of sp³-hybridized carbons (Fsp3) is 0.562. The van der Waals surface area contributed by atoms with Crippen LogP contribution in [-0.4, -0.2) is 42.1 Å². The maximum atomic E-state index is 12.5. The molecule has 1 amide bonds. The second-order valence-corrected chi connectivity index (χ2v) is 7.75. The van der Waals surface area contributed by atoms with Gasteiger partial charge in [0.15, 0.2) is 0 Å². The van der Waals surface area contributed by atoms with Crippen LogP contribution in [0.5, 0.6) is 0 Å². The first kappa shape index (κ1) is 16.3. The standard InChI is InChI=1S/C16H23BrN2O2/c1-16(2,3)21-15(20)19-10-12(17)14(18(4)5)11-8-6-7-9-13(11)19/h6-9,12,14H,10H2,1-5H3/t12-,14+/m0/s1. The van der Waals surface area contributed by atoms with Gasteiger partial charge >= 0.3 is 6.09 Å². The minimum Gasteiger partial charge on any atom is -0.443 e. The number of carbonyl (C=O) groups excluding carboxylic acids is 1. The Kier molecular flexibility index (Phi) is 4.63. The number of nitrogens with zero attached hydrogens (tertiary/aromatic N) is 2. The number of carbonyl (C=O) groups is 1. The lowest BCUT2D eigenvalue weighted by atomic mass is 9.95. The molecule has 0 aromatic heterocycles. The van der Waals surface area contributed by atoms with E-state index in [0.717, 1.165) is 11.3 Å². The van der Waals surface area contributed by atoms with Gasteiger partial charge in [0.2, 0.25) is 0 Å². The first-order valence-corrected chi connectivity index (χ1v) is 8.02. The zero-order chi connectivity index (χ0) is 15.8. The number of halogens is 1. The lowest BCUT2D eigenvalue weighted by Gasteiger charge is -2.40. The van der Waals surface area contributed by atoms with E-state index in [1.165, 1.54) is 0 Å². The SMILES string of the molecule is CN(C)[C@@H]1c2ccccc2N(C(=O)OC(C)(C)C)C[C@@H]1Br. The average molecular weight is 355 g/mol. The van der Waals surface area contributed by atoms with Gasteiger partial charge in [-0.15, -0.1) is 0 Å². The van der Waals surface area contributed by atoms with Crippen LogP contribution in [-0.2, 0) is 4.74 Å². The molecule has 2 rings (SSSR count). The average Bonchev–Trinajstić information content (AvgIpc) is 2.35. The Bertz CT molecular complexity index is 525. The molecule has 0 N–H and O–H groups in total. The Balaban J connectivity index is 2.37. The minimum absolute atomic E-state index is 0.162. The van der Waals surface area contributed by atoms with Gasteiger partial charge in [-0.1, -0.05) is 34.1 Å². The lowest BCUT2D eigenvalue weighted by molar-refractivity contribution is 0.0574. The number of fused-ring (bicyclic) bond motifs is 1. The van der Waals surface area contributed by atoms with Gasteiger partial charge in [-0.25, -0.2) is 4.79 Å². The molecule has 2 atom stereocenters. The van der Waals surface area contributed by atoms with Crippen LogP contribution in [0.25, 0.3) is 0 Å². The Morgan fingerprint density at radius 2 is 1.95 bits per heavy atom. The molecule has 116 valence electrons. The zero-order valence-corrected chi connectivity index (χ0v) is 14.8. The third-order valence-corrected chi connectivity index (χ3v) is 4.21. The Morgan fingerprint density at radius 1 is 1.33 bits per heavy atom. The van der Waals surface area contributed by atoms with Crippen LogP contribution in [0.3, 0.4) is 0 Å². The maximum Gasteiger partial charge on any atom is 0.414 e. The summed E-state index contributed by atoms with van der Waals surface area (Å²) in [5.74, 6) is 0.